The van der Waals surface area contributed by atoms with E-state index in [1.54, 1.807) is 0 Å². The highest BCUT2D eigenvalue weighted by Crippen LogP contribution is 2.36. The largest absolute Gasteiger partial charge is 0.372 e. The number of carbonyl (C=O) groups excluding carboxylic acids is 1. The SMILES string of the molecule is Cc1ccc(C(C)C)cc1N(C)c1ccc(Cc2ccncc2)c2ccccc12.NC=O. The second-order valence-corrected chi connectivity index (χ2v) is 8.22. The fraction of sp³-hybridized carbons (Fsp3) is 0.214. The number of hydrogen-bond acceptors (Lipinski definition) is 3. The number of fused-ring (bicyclic) bond motifs is 1. The molecule has 1 amide bonds. The van der Waals surface area contributed by atoms with Gasteiger partial charge in [-0.05, 0) is 71.2 Å². The quantitative estimate of drug-likeness (QED) is 0.392. The van der Waals surface area contributed by atoms with Gasteiger partial charge in [0.25, 0.3) is 0 Å². The number of rotatable bonds is 5. The molecule has 0 atom stereocenters. The number of anilines is 2. The molecular weight excluding hydrogens is 394 g/mol. The van der Waals surface area contributed by atoms with Crippen molar-refractivity contribution in [2.24, 2.45) is 5.73 Å². The van der Waals surface area contributed by atoms with Crippen molar-refractivity contribution in [3.8, 4) is 0 Å². The van der Waals surface area contributed by atoms with E-state index in [4.69, 9.17) is 4.79 Å². The summed E-state index contributed by atoms with van der Waals surface area (Å²) in [6.07, 6.45) is 4.89. The van der Waals surface area contributed by atoms with Crippen molar-refractivity contribution in [2.45, 2.75) is 33.1 Å². The number of benzene rings is 3. The summed E-state index contributed by atoms with van der Waals surface area (Å²) in [5, 5.41) is 2.60. The van der Waals surface area contributed by atoms with Crippen LogP contribution in [0.5, 0.6) is 0 Å². The van der Waals surface area contributed by atoms with Crippen molar-refractivity contribution in [1.82, 2.24) is 4.98 Å². The van der Waals surface area contributed by atoms with Gasteiger partial charge in [-0.15, -0.1) is 0 Å². The molecule has 0 saturated heterocycles. The van der Waals surface area contributed by atoms with E-state index in [1.165, 1.54) is 44.4 Å². The smallest absolute Gasteiger partial charge is 0.204 e. The molecule has 3 aromatic carbocycles. The van der Waals surface area contributed by atoms with E-state index in [-0.39, 0.29) is 6.41 Å². The Hall–Kier alpha value is -3.66. The second-order valence-electron chi connectivity index (χ2n) is 8.22. The molecule has 0 aliphatic carbocycles. The molecule has 0 saturated carbocycles. The number of nitrogens with zero attached hydrogens (tertiary/aromatic N) is 2. The Balaban J connectivity index is 0.000000913. The van der Waals surface area contributed by atoms with Crippen molar-refractivity contribution in [2.75, 3.05) is 11.9 Å². The predicted octanol–water partition coefficient (Wildman–Crippen LogP) is 6.13. The summed E-state index contributed by atoms with van der Waals surface area (Å²) >= 11 is 0. The highest BCUT2D eigenvalue weighted by atomic mass is 16.1. The van der Waals surface area contributed by atoms with Crippen molar-refractivity contribution >= 4 is 28.6 Å². The van der Waals surface area contributed by atoms with Gasteiger partial charge in [0.2, 0.25) is 6.41 Å². The van der Waals surface area contributed by atoms with Gasteiger partial charge in [0.05, 0.1) is 0 Å². The second kappa shape index (κ2) is 10.6. The van der Waals surface area contributed by atoms with Crippen LogP contribution in [-0.2, 0) is 11.2 Å². The molecule has 4 rings (SSSR count). The van der Waals surface area contributed by atoms with Crippen molar-refractivity contribution in [3.63, 3.8) is 0 Å². The number of aryl methyl sites for hydroxylation is 1. The van der Waals surface area contributed by atoms with E-state index in [9.17, 15) is 0 Å². The van der Waals surface area contributed by atoms with Crippen LogP contribution in [0.2, 0.25) is 0 Å². The number of primary amides is 1. The first-order valence-corrected chi connectivity index (χ1v) is 10.9. The Kier molecular flexibility index (Phi) is 7.61. The molecule has 164 valence electrons. The lowest BCUT2D eigenvalue weighted by molar-refractivity contribution is -0.106. The van der Waals surface area contributed by atoms with Gasteiger partial charge in [0.1, 0.15) is 0 Å². The Bertz CT molecular complexity index is 1190. The Labute approximate surface area is 190 Å². The van der Waals surface area contributed by atoms with Gasteiger partial charge in [-0.2, -0.15) is 0 Å². The zero-order valence-corrected chi connectivity index (χ0v) is 19.2. The Morgan fingerprint density at radius 3 is 2.25 bits per heavy atom. The monoisotopic (exact) mass is 425 g/mol. The van der Waals surface area contributed by atoms with E-state index in [0.717, 1.165) is 6.42 Å². The highest BCUT2D eigenvalue weighted by Gasteiger charge is 2.14. The summed E-state index contributed by atoms with van der Waals surface area (Å²) in [5.74, 6) is 0.516. The molecule has 1 aromatic heterocycles. The fourth-order valence-corrected chi connectivity index (χ4v) is 3.99. The zero-order valence-electron chi connectivity index (χ0n) is 19.2. The number of pyridine rings is 1. The molecule has 0 unspecified atom stereocenters. The molecule has 0 fully saturated rings. The first kappa shape index (κ1) is 23.0. The first-order valence-electron chi connectivity index (χ1n) is 10.9. The van der Waals surface area contributed by atoms with E-state index in [2.05, 4.69) is 110 Å². The molecular formula is C28H31N3O. The van der Waals surface area contributed by atoms with Gasteiger partial charge in [-0.1, -0.05) is 56.3 Å². The average molecular weight is 426 g/mol. The molecule has 0 spiro atoms. The van der Waals surface area contributed by atoms with Crippen molar-refractivity contribution in [3.05, 3.63) is 101 Å². The predicted molar refractivity (Wildman–Crippen MR) is 135 cm³/mol. The molecule has 0 radical (unpaired) electrons. The Morgan fingerprint density at radius 1 is 0.938 bits per heavy atom. The van der Waals surface area contributed by atoms with Gasteiger partial charge in [-0.3, -0.25) is 9.78 Å². The maximum Gasteiger partial charge on any atom is 0.204 e. The minimum absolute atomic E-state index is 0.250. The lowest BCUT2D eigenvalue weighted by atomic mass is 9.96. The lowest BCUT2D eigenvalue weighted by Crippen LogP contribution is -2.12. The molecule has 1 heterocycles. The Morgan fingerprint density at radius 2 is 1.59 bits per heavy atom. The summed E-state index contributed by atoms with van der Waals surface area (Å²) in [7, 11) is 2.18. The standard InChI is InChI=1S/C27H28N2.CH3NO/c1-19(2)22-10-9-20(3)27(18-22)29(4)26-12-11-23(17-21-13-15-28-16-14-21)24-7-5-6-8-25(24)26;2-1-3/h5-16,18-19H,17H2,1-4H3;1H,(H2,2,3). The van der Waals surface area contributed by atoms with Gasteiger partial charge in [0.15, 0.2) is 0 Å². The molecule has 4 nitrogen and oxygen atoms in total. The number of hydrogen-bond donors (Lipinski definition) is 1. The summed E-state index contributed by atoms with van der Waals surface area (Å²) in [4.78, 5) is 15.1. The zero-order chi connectivity index (χ0) is 23.1. The molecule has 32 heavy (non-hydrogen) atoms. The van der Waals surface area contributed by atoms with Crippen molar-refractivity contribution < 1.29 is 4.79 Å². The minimum atomic E-state index is 0.250. The maximum atomic E-state index is 8.58. The van der Waals surface area contributed by atoms with E-state index >= 15 is 0 Å². The summed E-state index contributed by atoms with van der Waals surface area (Å²) in [6, 6.07) is 24.3. The third-order valence-corrected chi connectivity index (χ3v) is 5.76. The molecule has 4 heteroatoms. The summed E-state index contributed by atoms with van der Waals surface area (Å²) in [6.45, 7) is 6.69. The van der Waals surface area contributed by atoms with Crippen molar-refractivity contribution in [1.29, 1.82) is 0 Å². The molecule has 0 bridgehead atoms. The minimum Gasteiger partial charge on any atom is -0.372 e. The van der Waals surface area contributed by atoms with Gasteiger partial charge >= 0.3 is 0 Å². The number of nitrogens with two attached hydrogens (primary N) is 1. The molecule has 0 aliphatic rings. The average Bonchev–Trinajstić information content (AvgIpc) is 2.80. The lowest BCUT2D eigenvalue weighted by Gasteiger charge is -2.25. The summed E-state index contributed by atoms with van der Waals surface area (Å²) in [5.41, 5.74) is 12.0. The van der Waals surface area contributed by atoms with Crippen LogP contribution < -0.4 is 10.6 Å². The number of carbonyl (C=O) groups is 1. The number of aromatic nitrogens is 1. The van der Waals surface area contributed by atoms with Crippen LogP contribution in [0.1, 0.15) is 42.0 Å². The van der Waals surface area contributed by atoms with Crippen LogP contribution in [-0.4, -0.2) is 18.4 Å². The van der Waals surface area contributed by atoms with E-state index in [0.29, 0.717) is 5.92 Å². The third-order valence-electron chi connectivity index (χ3n) is 5.76. The van der Waals surface area contributed by atoms with Gasteiger partial charge < -0.3 is 10.6 Å². The summed E-state index contributed by atoms with van der Waals surface area (Å²) < 4.78 is 0. The molecule has 0 aliphatic heterocycles. The van der Waals surface area contributed by atoms with Gasteiger partial charge in [-0.25, -0.2) is 0 Å². The van der Waals surface area contributed by atoms with Crippen LogP contribution in [0.4, 0.5) is 11.4 Å². The topological polar surface area (TPSA) is 59.2 Å². The van der Waals surface area contributed by atoms with Gasteiger partial charge in [0, 0.05) is 36.2 Å². The maximum absolute atomic E-state index is 8.58. The fourth-order valence-electron chi connectivity index (χ4n) is 3.99. The number of amides is 1. The first-order chi connectivity index (χ1) is 15.5. The molecule has 4 aromatic rings. The third kappa shape index (κ3) is 5.14. The van der Waals surface area contributed by atoms with Crippen LogP contribution in [0.15, 0.2) is 79.1 Å². The normalized spacial score (nSPS) is 10.5. The van der Waals surface area contributed by atoms with Crippen LogP contribution in [0.25, 0.3) is 10.8 Å². The highest BCUT2D eigenvalue weighted by molar-refractivity contribution is 5.98. The van der Waals surface area contributed by atoms with E-state index in [1.807, 2.05) is 12.4 Å². The van der Waals surface area contributed by atoms with Crippen LogP contribution in [0.3, 0.4) is 0 Å². The molecule has 2 N–H and O–H groups in total. The van der Waals surface area contributed by atoms with Crippen LogP contribution >= 0.6 is 0 Å². The van der Waals surface area contributed by atoms with E-state index < -0.39 is 0 Å². The van der Waals surface area contributed by atoms with Crippen LogP contribution in [0, 0.1) is 6.92 Å².